The molecule has 9 unspecified atom stereocenters. The minimum Gasteiger partial charge on any atom is -0.496 e. The van der Waals surface area contributed by atoms with Crippen LogP contribution in [-0.4, -0.2) is 130 Å². The molecule has 6 saturated heterocycles. The van der Waals surface area contributed by atoms with E-state index in [2.05, 4.69) is 45.2 Å². The smallest absolute Gasteiger partial charge is 0.434 e. The number of carbonyl (C=O) groups is 3. The van der Waals surface area contributed by atoms with Gasteiger partial charge in [0.15, 0.2) is 11.5 Å². The number of methoxy groups -OCH3 is 1. The van der Waals surface area contributed by atoms with Crippen molar-refractivity contribution in [2.24, 2.45) is 24.8 Å². The van der Waals surface area contributed by atoms with Gasteiger partial charge in [0.25, 0.3) is 17.7 Å². The van der Waals surface area contributed by atoms with Gasteiger partial charge < -0.3 is 19.4 Å². The summed E-state index contributed by atoms with van der Waals surface area (Å²) < 4.78 is 137. The Labute approximate surface area is 567 Å². The van der Waals surface area contributed by atoms with Crippen LogP contribution in [0, 0.1) is 37.4 Å². The number of aromatic nitrogens is 11. The topological polar surface area (TPSA) is 196 Å². The van der Waals surface area contributed by atoms with Crippen molar-refractivity contribution in [1.29, 1.82) is 0 Å². The number of amides is 3. The summed E-state index contributed by atoms with van der Waals surface area (Å²) in [5.41, 5.74) is 4.96. The molecule has 12 heterocycles. The van der Waals surface area contributed by atoms with E-state index in [9.17, 15) is 58.3 Å². The zero-order valence-corrected chi connectivity index (χ0v) is 54.6. The molecule has 18 nitrogen and oxygen atoms in total. The lowest BCUT2D eigenvalue weighted by Gasteiger charge is -2.26. The molecule has 28 heteroatoms. The van der Waals surface area contributed by atoms with Crippen LogP contribution < -0.4 is 4.74 Å². The van der Waals surface area contributed by atoms with Crippen LogP contribution >= 0.6 is 0 Å². The first-order valence-electron chi connectivity index (χ1n) is 32.9. The molecule has 6 aliphatic rings. The molecule has 9 atom stereocenters. The van der Waals surface area contributed by atoms with Crippen LogP contribution in [0.2, 0.25) is 0 Å². The van der Waals surface area contributed by atoms with Crippen molar-refractivity contribution in [2.75, 3.05) is 7.11 Å². The maximum atomic E-state index is 14.6. The fourth-order valence-electron chi connectivity index (χ4n) is 16.0. The molecule has 3 amide bonds. The van der Waals surface area contributed by atoms with Crippen LogP contribution in [0.25, 0.3) is 28.2 Å². The number of alkyl halides is 9. The number of ether oxygens (including phenoxy) is 1. The first-order valence-corrected chi connectivity index (χ1v) is 32.9. The van der Waals surface area contributed by atoms with Crippen molar-refractivity contribution in [3.8, 4) is 34.0 Å². The Morgan fingerprint density at radius 2 is 1.08 bits per heavy atom. The quantitative estimate of drug-likeness (QED) is 0.0990. The zero-order valence-electron chi connectivity index (χ0n) is 54.6. The number of hydrogen-bond donors (Lipinski definition) is 0. The van der Waals surface area contributed by atoms with Gasteiger partial charge in [0, 0.05) is 103 Å². The predicted octanol–water partition coefficient (Wildman–Crippen LogP) is 13.6. The average Bonchev–Trinajstić information content (AvgIpc) is 1.61. The second kappa shape index (κ2) is 27.6. The number of para-hydroxylation sites is 1. The van der Waals surface area contributed by atoms with Crippen LogP contribution in [0.5, 0.6) is 5.75 Å². The summed E-state index contributed by atoms with van der Waals surface area (Å²) in [5, 5.41) is 12.3. The van der Waals surface area contributed by atoms with E-state index >= 15 is 0 Å². The van der Waals surface area contributed by atoms with Gasteiger partial charge in [-0.2, -0.15) is 54.8 Å². The van der Waals surface area contributed by atoms with E-state index in [4.69, 9.17) is 4.74 Å². The summed E-state index contributed by atoms with van der Waals surface area (Å²) in [6, 6.07) is 23.8. The molecule has 6 aromatic heterocycles. The zero-order chi connectivity index (χ0) is 70.5. The summed E-state index contributed by atoms with van der Waals surface area (Å²) in [6.45, 7) is 3.93. The number of pyridine rings is 2. The number of aryl methyl sites for hydroxylation is 3. The Bertz CT molecular complexity index is 4420. The normalized spacial score (nSPS) is 22.0. The van der Waals surface area contributed by atoms with Gasteiger partial charge in [-0.05, 0) is 162 Å². The second-order valence-corrected chi connectivity index (χ2v) is 26.3. The molecule has 0 saturated carbocycles. The van der Waals surface area contributed by atoms with E-state index < -0.39 is 41.2 Å². The molecule has 0 aliphatic carbocycles. The highest BCUT2D eigenvalue weighted by atomic mass is 19.4. The molecule has 520 valence electrons. The number of benzene rings is 3. The van der Waals surface area contributed by atoms with E-state index in [1.54, 1.807) is 41.2 Å². The molecule has 6 aliphatic heterocycles. The van der Waals surface area contributed by atoms with Crippen molar-refractivity contribution in [3.63, 3.8) is 0 Å². The summed E-state index contributed by atoms with van der Waals surface area (Å²) in [4.78, 5) is 72.0. The lowest BCUT2D eigenvalue weighted by Crippen LogP contribution is -2.37. The van der Waals surface area contributed by atoms with Crippen molar-refractivity contribution in [1.82, 2.24) is 69.4 Å². The minimum absolute atomic E-state index is 0.00801. The highest BCUT2D eigenvalue weighted by molar-refractivity contribution is 6.04. The van der Waals surface area contributed by atoms with E-state index in [0.29, 0.717) is 53.4 Å². The first-order chi connectivity index (χ1) is 47.8. The maximum absolute atomic E-state index is 14.6. The van der Waals surface area contributed by atoms with E-state index in [1.807, 2.05) is 79.2 Å². The van der Waals surface area contributed by atoms with Crippen molar-refractivity contribution in [3.05, 3.63) is 208 Å². The molecular weight excluding hydrogens is 1310 g/mol. The van der Waals surface area contributed by atoms with Crippen molar-refractivity contribution in [2.45, 2.75) is 146 Å². The van der Waals surface area contributed by atoms with E-state index in [1.165, 1.54) is 36.8 Å². The molecule has 6 fully saturated rings. The Hall–Kier alpha value is -10.0. The first kappa shape index (κ1) is 68.5. The van der Waals surface area contributed by atoms with Crippen LogP contribution in [0.1, 0.15) is 134 Å². The fraction of sp³-hybridized carbons (Fsp3) is 0.389. The summed E-state index contributed by atoms with van der Waals surface area (Å²) in [5.74, 6) is 0.238. The number of fused-ring (bicyclic) bond motifs is 6. The van der Waals surface area contributed by atoms with Gasteiger partial charge in [-0.25, -0.2) is 19.3 Å². The lowest BCUT2D eigenvalue weighted by molar-refractivity contribution is -0.141. The molecule has 9 aromatic rings. The Morgan fingerprint density at radius 1 is 0.510 bits per heavy atom. The minimum atomic E-state index is -4.51. The predicted molar refractivity (Wildman–Crippen MR) is 343 cm³/mol. The second-order valence-electron chi connectivity index (χ2n) is 26.3. The maximum Gasteiger partial charge on any atom is 0.434 e. The van der Waals surface area contributed by atoms with Gasteiger partial charge in [-0.15, -0.1) is 4.80 Å². The SMILES string of the molecule is COc1cccc(-c2c(C)cnn2C)c1C(=O)N1C2CCC1C(Cc1cnc(C(F)(F)F)cn1)C2.Cc1cccc(C(=O)N2C3CCC2C(Cc2ncc(C(F)(F)F)cn2)C3)c1-c1ccccn1.O=C(c1cccc(F)c1-n1nccn1)N1C2CCC1C(Cc1ccc(C(F)(F)F)cn1)C2. The Balaban J connectivity index is 0.000000135. The van der Waals surface area contributed by atoms with Gasteiger partial charge >= 0.3 is 18.5 Å². The van der Waals surface area contributed by atoms with Crippen LogP contribution in [0.3, 0.4) is 0 Å². The number of rotatable bonds is 13. The number of carbonyl (C=O) groups excluding carboxylic acids is 3. The van der Waals surface area contributed by atoms with E-state index in [-0.39, 0.29) is 83.0 Å². The Kier molecular flexibility index (Phi) is 18.9. The monoisotopic (exact) mass is 1380 g/mol. The molecule has 3 aromatic carbocycles. The van der Waals surface area contributed by atoms with Gasteiger partial charge in [0.2, 0.25) is 0 Å². The number of halogens is 10. The standard InChI is InChI=1S/C25H26F3N5O2.C25H23F3N4O.C22H19F4N5O/c1-14-11-31-32(2)23(14)18-5-4-6-20(35-3)22(18)24(34)33-17-7-8-19(33)15(10-17)9-16-12-30-21(13-29-16)25(26,27)28;1-15-5-4-6-19(23(15)20-7-2-3-10-29-20)24(33)32-18-8-9-21(32)16(11-18)12-22-30-13-17(14-31-22)25(26,27)28;23-18-3-1-2-17(20(18)31-28-8-9-29-31)21(32)30-16-6-7-19(30)13(11-16)10-15-5-4-14(12-27-15)22(24,25)26/h4-6,11-13,15,17,19H,7-10H2,1-3H3;2-7,10,13-14,16,18,21H,8-9,11-12H2,1H3;1-5,8-9,12-13,16,19H,6-7,10-11H2. The van der Waals surface area contributed by atoms with Gasteiger partial charge in [-0.1, -0.05) is 36.4 Å². The van der Waals surface area contributed by atoms with Gasteiger partial charge in [0.05, 0.1) is 71.2 Å². The average molecular weight is 1380 g/mol. The molecule has 100 heavy (non-hydrogen) atoms. The van der Waals surface area contributed by atoms with Crippen LogP contribution in [0.15, 0.2) is 141 Å². The third kappa shape index (κ3) is 13.6. The molecule has 0 spiro atoms. The third-order valence-corrected chi connectivity index (χ3v) is 20.4. The largest absolute Gasteiger partial charge is 0.496 e. The highest BCUT2D eigenvalue weighted by Crippen LogP contribution is 2.49. The molecule has 15 rings (SSSR count). The molecule has 6 bridgehead atoms. The Morgan fingerprint density at radius 3 is 1.63 bits per heavy atom. The summed E-state index contributed by atoms with van der Waals surface area (Å²) in [6.07, 6.45) is 6.40. The third-order valence-electron chi connectivity index (χ3n) is 20.4. The van der Waals surface area contributed by atoms with Crippen molar-refractivity contribution < 1.29 is 63.0 Å². The van der Waals surface area contributed by atoms with E-state index in [0.717, 1.165) is 127 Å². The van der Waals surface area contributed by atoms with Crippen LogP contribution in [-0.2, 0) is 44.8 Å². The van der Waals surface area contributed by atoms with Gasteiger partial charge in [0.1, 0.15) is 17.3 Å². The van der Waals surface area contributed by atoms with Gasteiger partial charge in [-0.3, -0.25) is 34.0 Å². The lowest BCUT2D eigenvalue weighted by atomic mass is 9.86. The van der Waals surface area contributed by atoms with Crippen LogP contribution in [0.4, 0.5) is 43.9 Å². The highest BCUT2D eigenvalue weighted by Gasteiger charge is 2.52. The number of nitrogens with zero attached hydrogens (tertiary/aromatic N) is 14. The molecular formula is C72H68F10N14O4. The molecule has 0 N–H and O–H groups in total. The summed E-state index contributed by atoms with van der Waals surface area (Å²) >= 11 is 0. The fourth-order valence-corrected chi connectivity index (χ4v) is 16.0. The number of hydrogen-bond acceptors (Lipinski definition) is 13. The molecule has 0 radical (unpaired) electrons. The van der Waals surface area contributed by atoms with Crippen molar-refractivity contribution >= 4 is 17.7 Å². The summed E-state index contributed by atoms with van der Waals surface area (Å²) in [7, 11) is 3.40.